The molecule has 1 aliphatic rings. The fraction of sp³-hybridized carbons (Fsp3) is 0.321. The predicted octanol–water partition coefficient (Wildman–Crippen LogP) is 5.19. The van der Waals surface area contributed by atoms with Crippen LogP contribution >= 0.6 is 11.6 Å². The minimum Gasteiger partial charge on any atom is -0.481 e. The maximum absolute atomic E-state index is 13.3. The Morgan fingerprint density at radius 3 is 2.63 bits per heavy atom. The Labute approximate surface area is 225 Å². The van der Waals surface area contributed by atoms with Gasteiger partial charge in [0.25, 0.3) is 0 Å². The lowest BCUT2D eigenvalue weighted by molar-refractivity contribution is -0.137. The van der Waals surface area contributed by atoms with Crippen LogP contribution in [0.1, 0.15) is 56.2 Å². The summed E-state index contributed by atoms with van der Waals surface area (Å²) in [6.07, 6.45) is 3.62. The van der Waals surface area contributed by atoms with Gasteiger partial charge in [-0.2, -0.15) is 5.10 Å². The van der Waals surface area contributed by atoms with E-state index in [2.05, 4.69) is 17.2 Å². The smallest absolute Gasteiger partial charge is 0.303 e. The number of halogens is 1. The number of amides is 1. The van der Waals surface area contributed by atoms with E-state index in [0.717, 1.165) is 47.8 Å². The van der Waals surface area contributed by atoms with E-state index in [1.807, 2.05) is 41.1 Å². The Morgan fingerprint density at radius 2 is 1.92 bits per heavy atom. The Balaban J connectivity index is 1.54. The number of carboxylic acids is 1. The number of nitrogens with two attached hydrogens (primary N) is 1. The van der Waals surface area contributed by atoms with E-state index >= 15 is 0 Å². The first kappa shape index (κ1) is 25.7. The maximum atomic E-state index is 13.3. The largest absolute Gasteiger partial charge is 0.481 e. The van der Waals surface area contributed by atoms with Gasteiger partial charge in [0.2, 0.25) is 5.91 Å². The SMILES string of the molecule is CCCCCn1nc(-c2nc(N)c3c(n2)NC(=O)C3(C)c2ccc(CCC(=O)O)cc2)c2ccc(Cl)cc21. The van der Waals surface area contributed by atoms with Gasteiger partial charge in [-0.1, -0.05) is 55.6 Å². The van der Waals surface area contributed by atoms with Gasteiger partial charge in [0.05, 0.1) is 11.1 Å². The first-order chi connectivity index (χ1) is 18.2. The fourth-order valence-corrected chi connectivity index (χ4v) is 5.21. The summed E-state index contributed by atoms with van der Waals surface area (Å²) in [5.41, 5.74) is 8.98. The number of aromatic nitrogens is 4. The molecule has 1 amide bonds. The van der Waals surface area contributed by atoms with Crippen molar-refractivity contribution >= 4 is 46.0 Å². The van der Waals surface area contributed by atoms with Gasteiger partial charge in [0.15, 0.2) is 5.82 Å². The summed E-state index contributed by atoms with van der Waals surface area (Å²) in [6.45, 7) is 4.68. The van der Waals surface area contributed by atoms with Crippen LogP contribution in [0.25, 0.3) is 22.4 Å². The van der Waals surface area contributed by atoms with Crippen molar-refractivity contribution in [2.24, 2.45) is 0 Å². The highest BCUT2D eigenvalue weighted by atomic mass is 35.5. The molecule has 1 unspecified atom stereocenters. The highest BCUT2D eigenvalue weighted by Gasteiger charge is 2.47. The van der Waals surface area contributed by atoms with Crippen molar-refractivity contribution in [3.8, 4) is 11.5 Å². The summed E-state index contributed by atoms with van der Waals surface area (Å²) in [5.74, 6) is -0.226. The Bertz CT molecular complexity index is 1550. The Morgan fingerprint density at radius 1 is 1.16 bits per heavy atom. The molecular weight excluding hydrogens is 504 g/mol. The van der Waals surface area contributed by atoms with E-state index in [9.17, 15) is 9.59 Å². The number of anilines is 2. The zero-order valence-corrected chi connectivity index (χ0v) is 22.0. The molecule has 0 spiro atoms. The zero-order chi connectivity index (χ0) is 27.0. The van der Waals surface area contributed by atoms with E-state index in [1.54, 1.807) is 13.0 Å². The minimum atomic E-state index is -1.10. The second-order valence-corrected chi connectivity index (χ2v) is 10.2. The number of rotatable bonds is 9. The second kappa shape index (κ2) is 10.1. The van der Waals surface area contributed by atoms with Gasteiger partial charge in [0, 0.05) is 23.4 Å². The molecule has 196 valence electrons. The summed E-state index contributed by atoms with van der Waals surface area (Å²) in [6, 6.07) is 12.9. The number of hydrogen-bond acceptors (Lipinski definition) is 6. The van der Waals surface area contributed by atoms with E-state index < -0.39 is 11.4 Å². The lowest BCUT2D eigenvalue weighted by atomic mass is 9.77. The average molecular weight is 533 g/mol. The monoisotopic (exact) mass is 532 g/mol. The van der Waals surface area contributed by atoms with Crippen LogP contribution in [0, 0.1) is 0 Å². The number of carboxylic acid groups (broad SMARTS) is 1. The average Bonchev–Trinajstić information content (AvgIpc) is 3.37. The number of hydrogen-bond donors (Lipinski definition) is 3. The standard InChI is InChI=1S/C28H29ClN6O3/c1-3-4-5-14-35-20-15-18(29)11-12-19(20)23(34-35)26-31-24(30)22-25(32-26)33-27(38)28(22,2)17-9-6-16(7-10-17)8-13-21(36)37/h6-7,9-12,15H,3-5,8,13-14H2,1-2H3,(H,36,37)(H3,30,31,32,33,38). The summed E-state index contributed by atoms with van der Waals surface area (Å²) >= 11 is 6.29. The van der Waals surface area contributed by atoms with Crippen LogP contribution in [-0.4, -0.2) is 36.7 Å². The summed E-state index contributed by atoms with van der Waals surface area (Å²) in [4.78, 5) is 33.5. The number of carbonyl (C=O) groups excluding carboxylic acids is 1. The molecule has 1 atom stereocenters. The third-order valence-electron chi connectivity index (χ3n) is 7.18. The molecule has 3 heterocycles. The summed E-state index contributed by atoms with van der Waals surface area (Å²) < 4.78 is 1.92. The van der Waals surface area contributed by atoms with Crippen LogP contribution < -0.4 is 11.1 Å². The third kappa shape index (κ3) is 4.47. The molecule has 0 fully saturated rings. The second-order valence-electron chi connectivity index (χ2n) is 9.77. The predicted molar refractivity (Wildman–Crippen MR) is 147 cm³/mol. The van der Waals surface area contributed by atoms with Crippen LogP contribution in [0.4, 0.5) is 11.6 Å². The number of nitrogens with zero attached hydrogens (tertiary/aromatic N) is 4. The number of aryl methyl sites for hydroxylation is 2. The summed E-state index contributed by atoms with van der Waals surface area (Å²) in [5, 5.41) is 18.1. The molecule has 38 heavy (non-hydrogen) atoms. The van der Waals surface area contributed by atoms with Crippen molar-refractivity contribution in [2.75, 3.05) is 11.1 Å². The van der Waals surface area contributed by atoms with Gasteiger partial charge >= 0.3 is 5.97 Å². The Hall–Kier alpha value is -3.98. The highest BCUT2D eigenvalue weighted by Crippen LogP contribution is 2.45. The molecule has 4 aromatic rings. The first-order valence-electron chi connectivity index (χ1n) is 12.7. The maximum Gasteiger partial charge on any atom is 0.303 e. The third-order valence-corrected chi connectivity index (χ3v) is 7.42. The molecule has 0 saturated heterocycles. The summed E-state index contributed by atoms with van der Waals surface area (Å²) in [7, 11) is 0. The van der Waals surface area contributed by atoms with Gasteiger partial charge < -0.3 is 16.2 Å². The van der Waals surface area contributed by atoms with Crippen LogP contribution in [0.3, 0.4) is 0 Å². The number of fused-ring (bicyclic) bond motifs is 2. The van der Waals surface area contributed by atoms with Crippen LogP contribution in [-0.2, 0) is 28.0 Å². The topological polar surface area (TPSA) is 136 Å². The van der Waals surface area contributed by atoms with E-state index in [1.165, 1.54) is 0 Å². The van der Waals surface area contributed by atoms with E-state index in [4.69, 9.17) is 32.5 Å². The molecule has 0 bridgehead atoms. The molecule has 0 saturated carbocycles. The van der Waals surface area contributed by atoms with Crippen molar-refractivity contribution in [3.63, 3.8) is 0 Å². The molecule has 5 rings (SSSR count). The molecule has 2 aromatic carbocycles. The molecular formula is C28H29ClN6O3. The molecule has 1 aliphatic heterocycles. The lowest BCUT2D eigenvalue weighted by Gasteiger charge is -2.23. The van der Waals surface area contributed by atoms with Crippen LogP contribution in [0.2, 0.25) is 5.02 Å². The molecule has 2 aromatic heterocycles. The van der Waals surface area contributed by atoms with Crippen LogP contribution in [0.15, 0.2) is 42.5 Å². The van der Waals surface area contributed by atoms with Crippen molar-refractivity contribution in [3.05, 3.63) is 64.2 Å². The minimum absolute atomic E-state index is 0.0404. The zero-order valence-electron chi connectivity index (χ0n) is 21.3. The quantitative estimate of drug-likeness (QED) is 0.252. The Kier molecular flexibility index (Phi) is 6.79. The van der Waals surface area contributed by atoms with Gasteiger partial charge in [-0.05, 0) is 49.1 Å². The number of nitrogens with one attached hydrogen (secondary N) is 1. The molecule has 0 aliphatic carbocycles. The van der Waals surface area contributed by atoms with Crippen molar-refractivity contribution in [2.45, 2.75) is 57.9 Å². The van der Waals surface area contributed by atoms with Crippen molar-refractivity contribution in [1.29, 1.82) is 0 Å². The first-order valence-corrected chi connectivity index (χ1v) is 13.1. The van der Waals surface area contributed by atoms with E-state index in [0.29, 0.717) is 34.3 Å². The molecule has 9 nitrogen and oxygen atoms in total. The van der Waals surface area contributed by atoms with Crippen molar-refractivity contribution in [1.82, 2.24) is 19.7 Å². The molecule has 0 radical (unpaired) electrons. The van der Waals surface area contributed by atoms with E-state index in [-0.39, 0.29) is 18.1 Å². The highest BCUT2D eigenvalue weighted by molar-refractivity contribution is 6.31. The van der Waals surface area contributed by atoms with Gasteiger partial charge in [-0.3, -0.25) is 14.3 Å². The fourth-order valence-electron chi connectivity index (χ4n) is 5.04. The molecule has 10 heteroatoms. The number of aliphatic carboxylic acids is 1. The normalized spacial score (nSPS) is 16.6. The number of benzene rings is 2. The number of carbonyl (C=O) groups is 2. The number of unbranched alkanes of at least 4 members (excludes halogenated alkanes) is 2. The van der Waals surface area contributed by atoms with Gasteiger partial charge in [0.1, 0.15) is 22.7 Å². The van der Waals surface area contributed by atoms with Crippen LogP contribution in [0.5, 0.6) is 0 Å². The van der Waals surface area contributed by atoms with Gasteiger partial charge in [-0.15, -0.1) is 0 Å². The van der Waals surface area contributed by atoms with Crippen molar-refractivity contribution < 1.29 is 14.7 Å². The lowest BCUT2D eigenvalue weighted by Crippen LogP contribution is -2.33. The molecule has 4 N–H and O–H groups in total. The number of nitrogen functional groups attached to an aromatic ring is 1. The van der Waals surface area contributed by atoms with Gasteiger partial charge in [-0.25, -0.2) is 9.97 Å².